The van der Waals surface area contributed by atoms with Crippen LogP contribution in [0.25, 0.3) is 0 Å². The van der Waals surface area contributed by atoms with Crippen molar-refractivity contribution in [2.45, 2.75) is 13.8 Å². The number of hydrogen-bond donors (Lipinski definition) is 1. The van der Waals surface area contributed by atoms with Crippen LogP contribution in [0, 0.1) is 0 Å². The maximum absolute atomic E-state index is 7.57. The van der Waals surface area contributed by atoms with E-state index in [9.17, 15) is 0 Å². The Kier molecular flexibility index (Phi) is 10.2. The minimum atomic E-state index is 0. The van der Waals surface area contributed by atoms with Gasteiger partial charge in [0.05, 0.1) is 6.67 Å². The number of halogens is 1. The van der Waals surface area contributed by atoms with Crippen molar-refractivity contribution in [1.29, 1.82) is 0 Å². The van der Waals surface area contributed by atoms with Crippen LogP contribution in [0.3, 0.4) is 0 Å². The molecule has 0 radical (unpaired) electrons. The molecule has 1 N–H and O–H groups in total. The van der Waals surface area contributed by atoms with E-state index < -0.39 is 0 Å². The molecule has 4 heteroatoms. The fourth-order valence-corrected chi connectivity index (χ4v) is 0.794. The van der Waals surface area contributed by atoms with Crippen molar-refractivity contribution in [3.8, 4) is 0 Å². The van der Waals surface area contributed by atoms with Crippen LogP contribution < -0.4 is 0 Å². The van der Waals surface area contributed by atoms with E-state index >= 15 is 0 Å². The van der Waals surface area contributed by atoms with Gasteiger partial charge in [0.1, 0.15) is 0 Å². The van der Waals surface area contributed by atoms with E-state index in [0.717, 1.165) is 13.2 Å². The predicted molar refractivity (Wildman–Crippen MR) is 54.2 cm³/mol. The average molecular weight is 195 g/mol. The van der Waals surface area contributed by atoms with E-state index in [2.05, 4.69) is 36.2 Å². The number of rotatable bonds is 1. The first kappa shape index (κ1) is 14.1. The van der Waals surface area contributed by atoms with E-state index in [4.69, 9.17) is 5.11 Å². The summed E-state index contributed by atoms with van der Waals surface area (Å²) in [7, 11) is 2.08. The molecule has 0 amide bonds. The third kappa shape index (κ3) is 6.31. The quantitative estimate of drug-likeness (QED) is 0.678. The summed E-state index contributed by atoms with van der Waals surface area (Å²) in [6.45, 7) is 6.25. The summed E-state index contributed by atoms with van der Waals surface area (Å²) < 4.78 is 0. The Hall–Kier alpha value is -0.410. The molecule has 0 saturated carbocycles. The fourth-order valence-electron chi connectivity index (χ4n) is 0.794. The topological polar surface area (TPSA) is 26.7 Å². The molecule has 0 unspecified atom stereocenters. The Bertz CT molecular complexity index is 120. The molecule has 1 aliphatic rings. The van der Waals surface area contributed by atoms with Crippen molar-refractivity contribution in [1.82, 2.24) is 9.80 Å². The Balaban J connectivity index is 0. The monoisotopic (exact) mass is 194 g/mol. The zero-order chi connectivity index (χ0) is 8.69. The zero-order valence-corrected chi connectivity index (χ0v) is 8.84. The lowest BCUT2D eigenvalue weighted by Gasteiger charge is -2.14. The lowest BCUT2D eigenvalue weighted by molar-refractivity contribution is 0.308. The first-order valence-corrected chi connectivity index (χ1v) is 3.98. The summed E-state index contributed by atoms with van der Waals surface area (Å²) in [4.78, 5) is 4.41. The van der Waals surface area contributed by atoms with Crippen LogP contribution in [0.4, 0.5) is 0 Å². The highest BCUT2D eigenvalue weighted by Crippen LogP contribution is 2.00. The molecular weight excluding hydrogens is 176 g/mol. The zero-order valence-electron chi connectivity index (χ0n) is 8.03. The molecule has 0 fully saturated rings. The average Bonchev–Trinajstić information content (AvgIpc) is 2.37. The molecular formula is C8H19ClN2O. The number of aliphatic hydroxyl groups is 1. The lowest BCUT2D eigenvalue weighted by Crippen LogP contribution is -2.21. The Morgan fingerprint density at radius 2 is 1.83 bits per heavy atom. The molecule has 74 valence electrons. The van der Waals surface area contributed by atoms with Gasteiger partial charge in [0.2, 0.25) is 0 Å². The van der Waals surface area contributed by atoms with E-state index in [1.165, 1.54) is 0 Å². The van der Waals surface area contributed by atoms with Gasteiger partial charge in [0, 0.05) is 32.6 Å². The molecule has 0 saturated heterocycles. The molecule has 0 aromatic rings. The number of aliphatic hydroxyl groups excluding tert-OH is 1. The first-order chi connectivity index (χ1) is 5.24. The van der Waals surface area contributed by atoms with Gasteiger partial charge in [-0.2, -0.15) is 0 Å². The highest BCUT2D eigenvalue weighted by Gasteiger charge is 2.03. The summed E-state index contributed by atoms with van der Waals surface area (Å²) in [5.41, 5.74) is 0. The van der Waals surface area contributed by atoms with Crippen molar-refractivity contribution < 1.29 is 5.11 Å². The molecule has 1 aliphatic heterocycles. The second kappa shape index (κ2) is 8.68. The van der Waals surface area contributed by atoms with Gasteiger partial charge in [-0.3, -0.25) is 0 Å². The molecule has 1 rings (SSSR count). The van der Waals surface area contributed by atoms with Gasteiger partial charge in [-0.05, 0) is 13.8 Å². The molecule has 12 heavy (non-hydrogen) atoms. The van der Waals surface area contributed by atoms with Crippen LogP contribution in [0.5, 0.6) is 0 Å². The van der Waals surface area contributed by atoms with Gasteiger partial charge < -0.3 is 14.9 Å². The summed E-state index contributed by atoms with van der Waals surface area (Å²) in [6, 6.07) is 0. The van der Waals surface area contributed by atoms with E-state index in [1.807, 2.05) is 0 Å². The number of nitrogens with zero attached hydrogens (tertiary/aromatic N) is 2. The first-order valence-electron chi connectivity index (χ1n) is 3.98. The predicted octanol–water partition coefficient (Wildman–Crippen LogP) is 1.10. The molecule has 0 spiro atoms. The normalized spacial score (nSPS) is 13.7. The van der Waals surface area contributed by atoms with E-state index in [0.29, 0.717) is 0 Å². The molecule has 0 aromatic heterocycles. The van der Waals surface area contributed by atoms with Crippen molar-refractivity contribution in [2.24, 2.45) is 0 Å². The third-order valence-electron chi connectivity index (χ3n) is 1.34. The molecule has 1 heterocycles. The summed E-state index contributed by atoms with van der Waals surface area (Å²) >= 11 is 0. The smallest absolute Gasteiger partial charge is 0.0890 e. The molecule has 3 nitrogen and oxygen atoms in total. The molecule has 0 atom stereocenters. The Morgan fingerprint density at radius 3 is 2.00 bits per heavy atom. The maximum atomic E-state index is 7.57. The summed E-state index contributed by atoms with van der Waals surface area (Å²) in [5.74, 6) is 0. The highest BCUT2D eigenvalue weighted by atomic mass is 35.5. The van der Waals surface area contributed by atoms with Crippen LogP contribution in [0.1, 0.15) is 13.8 Å². The maximum Gasteiger partial charge on any atom is 0.0890 e. The van der Waals surface area contributed by atoms with Gasteiger partial charge in [0.15, 0.2) is 0 Å². The van der Waals surface area contributed by atoms with Crippen LogP contribution >= 0.6 is 12.4 Å². The van der Waals surface area contributed by atoms with Gasteiger partial charge in [0.25, 0.3) is 0 Å². The lowest BCUT2D eigenvalue weighted by atomic mass is 10.6. The number of hydrogen-bond acceptors (Lipinski definition) is 3. The highest BCUT2D eigenvalue weighted by molar-refractivity contribution is 5.85. The second-order valence-electron chi connectivity index (χ2n) is 2.42. The van der Waals surface area contributed by atoms with Crippen molar-refractivity contribution >= 4 is 12.4 Å². The summed E-state index contributed by atoms with van der Waals surface area (Å²) in [5, 5.41) is 7.57. The van der Waals surface area contributed by atoms with Gasteiger partial charge in [-0.25, -0.2) is 0 Å². The van der Waals surface area contributed by atoms with Crippen LogP contribution in [0.15, 0.2) is 12.4 Å². The van der Waals surface area contributed by atoms with Gasteiger partial charge in [-0.1, -0.05) is 0 Å². The minimum absolute atomic E-state index is 0. The minimum Gasteiger partial charge on any atom is -0.397 e. The van der Waals surface area contributed by atoms with Crippen LogP contribution in [-0.2, 0) is 0 Å². The Labute approximate surface area is 81.1 Å². The van der Waals surface area contributed by atoms with Crippen molar-refractivity contribution in [2.75, 3.05) is 26.9 Å². The van der Waals surface area contributed by atoms with Crippen LogP contribution in [-0.4, -0.2) is 41.8 Å². The SMILES string of the molecule is CCN1C=CN(C)C1.CCO.Cl. The van der Waals surface area contributed by atoms with Gasteiger partial charge in [-0.15, -0.1) is 12.4 Å². The van der Waals surface area contributed by atoms with Crippen molar-refractivity contribution in [3.05, 3.63) is 12.4 Å². The second-order valence-corrected chi connectivity index (χ2v) is 2.42. The van der Waals surface area contributed by atoms with E-state index in [1.54, 1.807) is 6.92 Å². The molecule has 0 aromatic carbocycles. The van der Waals surface area contributed by atoms with E-state index in [-0.39, 0.29) is 19.0 Å². The summed E-state index contributed by atoms with van der Waals surface area (Å²) in [6.07, 6.45) is 4.20. The fraction of sp³-hybridized carbons (Fsp3) is 0.750. The molecule has 0 bridgehead atoms. The third-order valence-corrected chi connectivity index (χ3v) is 1.34. The van der Waals surface area contributed by atoms with Gasteiger partial charge >= 0.3 is 0 Å². The van der Waals surface area contributed by atoms with Crippen molar-refractivity contribution in [3.63, 3.8) is 0 Å². The largest absolute Gasteiger partial charge is 0.397 e. The Morgan fingerprint density at radius 1 is 1.33 bits per heavy atom. The standard InChI is InChI=1S/C6H12N2.C2H6O.ClH/c1-3-8-5-4-7(2)6-8;1-2-3;/h4-5H,3,6H2,1-2H3;3H,2H2,1H3;1H. The molecule has 0 aliphatic carbocycles. The van der Waals surface area contributed by atoms with Crippen LogP contribution in [0.2, 0.25) is 0 Å².